The molecule has 0 saturated heterocycles. The molecule has 0 aliphatic carbocycles. The predicted molar refractivity (Wildman–Crippen MR) is 350 cm³/mol. The summed E-state index contributed by atoms with van der Waals surface area (Å²) in [6.45, 7) is 15.3. The molecule has 0 aliphatic heterocycles. The summed E-state index contributed by atoms with van der Waals surface area (Å²) in [7, 11) is 0. The number of carbonyl (C=O) groups excluding carboxylic acids is 3. The van der Waals surface area contributed by atoms with Gasteiger partial charge in [0.15, 0.2) is 0 Å². The monoisotopic (exact) mass is 1110 g/mol. The van der Waals surface area contributed by atoms with Crippen molar-refractivity contribution in [2.45, 2.75) is 278 Å². The summed E-state index contributed by atoms with van der Waals surface area (Å²) in [5.74, 6) is -0.787. The van der Waals surface area contributed by atoms with Crippen LogP contribution in [0.4, 0.5) is 0 Å². The summed E-state index contributed by atoms with van der Waals surface area (Å²) in [6, 6.07) is 4.87. The number of rotatable bonds is 58. The van der Waals surface area contributed by atoms with E-state index in [1.165, 1.54) is 212 Å². The van der Waals surface area contributed by atoms with Gasteiger partial charge < -0.3 is 26.2 Å². The number of carbonyl (C=O) groups is 3. The van der Waals surface area contributed by atoms with Crippen molar-refractivity contribution in [3.63, 3.8) is 0 Å². The van der Waals surface area contributed by atoms with Crippen molar-refractivity contribution >= 4 is 17.7 Å². The zero-order valence-electron chi connectivity index (χ0n) is 52.6. The molecule has 0 aromatic heterocycles. The highest BCUT2D eigenvalue weighted by atomic mass is 16.2. The molecule has 0 radical (unpaired) electrons. The zero-order chi connectivity index (χ0) is 57.7. The van der Waals surface area contributed by atoms with Crippen molar-refractivity contribution < 1.29 is 14.4 Å². The molecule has 1 rings (SSSR count). The van der Waals surface area contributed by atoms with Crippen LogP contribution < -0.4 is 21.3 Å². The lowest BCUT2D eigenvalue weighted by Gasteiger charge is -2.22. The van der Waals surface area contributed by atoms with Gasteiger partial charge in [0.25, 0.3) is 17.7 Å². The standard InChI is InChI=1S/C72H125N5O3/c1-5-9-12-15-18-21-24-27-30-33-36-39-42-45-48-51-57-73-58-54-59-75-71(79)68-64-67(70(78)74-56-8-4)65-69(66-68)72(80)76-60-55-63-77(61-52-49-46-43-40-37-34-31-28-25-22-19-16-13-10-6-2)62-53-50-47-44-41-38-35-32-29-26-23-20-17-14-11-7-3/h18-23,27-32,64-66,73H,5-17,24-26,33-63H2,1-4H3,(H,74,78)(H,75,79)(H,76,80)/b21-18-,22-19-,23-20-,30-27-,31-28-,32-29-. The maximum Gasteiger partial charge on any atom is 0.251 e. The van der Waals surface area contributed by atoms with E-state index in [4.69, 9.17) is 0 Å². The average Bonchev–Trinajstić information content (AvgIpc) is 3.48. The van der Waals surface area contributed by atoms with Gasteiger partial charge in [0.2, 0.25) is 0 Å². The minimum absolute atomic E-state index is 0.251. The number of hydrogen-bond acceptors (Lipinski definition) is 5. The molecule has 0 unspecified atom stereocenters. The van der Waals surface area contributed by atoms with E-state index in [1.54, 1.807) is 18.2 Å². The van der Waals surface area contributed by atoms with E-state index in [1.807, 2.05) is 6.92 Å². The molecule has 456 valence electrons. The van der Waals surface area contributed by atoms with Gasteiger partial charge in [-0.3, -0.25) is 14.4 Å². The Balaban J connectivity index is 2.57. The van der Waals surface area contributed by atoms with E-state index in [0.717, 1.165) is 71.2 Å². The molecule has 1 aromatic rings. The van der Waals surface area contributed by atoms with Crippen LogP contribution in [-0.4, -0.2) is 75.0 Å². The summed E-state index contributed by atoms with van der Waals surface area (Å²) in [4.78, 5) is 42.9. The largest absolute Gasteiger partial charge is 0.352 e. The molecular weight excluding hydrogens is 983 g/mol. The van der Waals surface area contributed by atoms with Gasteiger partial charge in [0.1, 0.15) is 0 Å². The molecule has 0 spiro atoms. The highest BCUT2D eigenvalue weighted by Gasteiger charge is 2.17. The Hall–Kier alpha value is -4.01. The van der Waals surface area contributed by atoms with E-state index < -0.39 is 0 Å². The Morgan fingerprint density at radius 1 is 0.300 bits per heavy atom. The Morgan fingerprint density at radius 2 is 0.588 bits per heavy atom. The van der Waals surface area contributed by atoms with Gasteiger partial charge in [-0.1, -0.05) is 216 Å². The zero-order valence-corrected chi connectivity index (χ0v) is 52.6. The molecule has 0 bridgehead atoms. The Morgan fingerprint density at radius 3 is 0.950 bits per heavy atom. The van der Waals surface area contributed by atoms with Crippen molar-refractivity contribution in [2.75, 3.05) is 52.4 Å². The smallest absolute Gasteiger partial charge is 0.251 e. The van der Waals surface area contributed by atoms with Crippen LogP contribution in [0.2, 0.25) is 0 Å². The number of unbranched alkanes of at least 4 members (excludes halogenated alkanes) is 27. The third-order valence-corrected chi connectivity index (χ3v) is 14.9. The average molecular weight is 1110 g/mol. The van der Waals surface area contributed by atoms with Gasteiger partial charge in [-0.25, -0.2) is 0 Å². The van der Waals surface area contributed by atoms with Crippen LogP contribution in [0.5, 0.6) is 0 Å². The third kappa shape index (κ3) is 48.7. The van der Waals surface area contributed by atoms with Crippen molar-refractivity contribution in [3.8, 4) is 0 Å². The number of benzene rings is 1. The second-order valence-electron chi connectivity index (χ2n) is 22.6. The minimum Gasteiger partial charge on any atom is -0.352 e. The summed E-state index contributed by atoms with van der Waals surface area (Å²) in [5, 5.41) is 12.6. The quantitative estimate of drug-likeness (QED) is 0.0384. The number of hydrogen-bond donors (Lipinski definition) is 4. The normalized spacial score (nSPS) is 12.1. The van der Waals surface area contributed by atoms with E-state index in [0.29, 0.717) is 36.3 Å². The van der Waals surface area contributed by atoms with Crippen LogP contribution in [0.25, 0.3) is 0 Å². The predicted octanol–water partition coefficient (Wildman–Crippen LogP) is 19.4. The number of allylic oxidation sites excluding steroid dienone is 12. The number of nitrogens with zero attached hydrogens (tertiary/aromatic N) is 1. The van der Waals surface area contributed by atoms with Gasteiger partial charge in [-0.15, -0.1) is 0 Å². The summed E-state index contributed by atoms with van der Waals surface area (Å²) in [5.41, 5.74) is 1.01. The van der Waals surface area contributed by atoms with Crippen molar-refractivity contribution in [1.82, 2.24) is 26.2 Å². The first-order valence-electron chi connectivity index (χ1n) is 33.8. The van der Waals surface area contributed by atoms with Crippen molar-refractivity contribution in [2.24, 2.45) is 0 Å². The Kier molecular flexibility index (Phi) is 55.1. The number of amides is 3. The Bertz CT molecular complexity index is 1710. The van der Waals surface area contributed by atoms with Gasteiger partial charge >= 0.3 is 0 Å². The molecule has 0 atom stereocenters. The SMILES string of the molecule is CCCCC/C=C\C/C=C\CCCCCCCCNCCCNC(=O)c1cc(C(=O)NCCC)cc(C(=O)NCCCN(CCCCCCCC/C=C\C/C=C\CCCCC)CCCCCCCC/C=C\C/C=C\CCCCC)c1. The lowest BCUT2D eigenvalue weighted by atomic mass is 10.0. The van der Waals surface area contributed by atoms with E-state index in [9.17, 15) is 14.4 Å². The van der Waals surface area contributed by atoms with Gasteiger partial charge in [-0.2, -0.15) is 0 Å². The summed E-state index contributed by atoms with van der Waals surface area (Å²) < 4.78 is 0. The lowest BCUT2D eigenvalue weighted by Crippen LogP contribution is -2.32. The van der Waals surface area contributed by atoms with Crippen LogP contribution >= 0.6 is 0 Å². The first-order chi connectivity index (χ1) is 39.5. The Labute approximate surface area is 494 Å². The van der Waals surface area contributed by atoms with Crippen molar-refractivity contribution in [1.29, 1.82) is 0 Å². The fourth-order valence-electron chi connectivity index (χ4n) is 9.83. The maximum absolute atomic E-state index is 13.7. The minimum atomic E-state index is -0.271. The van der Waals surface area contributed by atoms with Crippen LogP contribution in [0.1, 0.15) is 309 Å². The summed E-state index contributed by atoms with van der Waals surface area (Å²) in [6.07, 6.45) is 75.6. The third-order valence-electron chi connectivity index (χ3n) is 14.9. The fraction of sp³-hybridized carbons (Fsp3) is 0.708. The van der Waals surface area contributed by atoms with Crippen LogP contribution in [-0.2, 0) is 0 Å². The number of nitrogens with one attached hydrogen (secondary N) is 4. The highest BCUT2D eigenvalue weighted by Crippen LogP contribution is 2.15. The maximum atomic E-state index is 13.7. The summed E-state index contributed by atoms with van der Waals surface area (Å²) >= 11 is 0. The molecule has 8 nitrogen and oxygen atoms in total. The van der Waals surface area contributed by atoms with E-state index >= 15 is 0 Å². The van der Waals surface area contributed by atoms with Gasteiger partial charge in [0.05, 0.1) is 0 Å². The van der Waals surface area contributed by atoms with Crippen LogP contribution in [0, 0.1) is 0 Å². The molecule has 0 saturated carbocycles. The molecule has 0 fully saturated rings. The first-order valence-corrected chi connectivity index (χ1v) is 33.8. The lowest BCUT2D eigenvalue weighted by molar-refractivity contribution is 0.0951. The molecule has 0 heterocycles. The molecule has 4 N–H and O–H groups in total. The highest BCUT2D eigenvalue weighted by molar-refractivity contribution is 6.04. The topological polar surface area (TPSA) is 103 Å². The van der Waals surface area contributed by atoms with Gasteiger partial charge in [-0.05, 0) is 186 Å². The van der Waals surface area contributed by atoms with Crippen molar-refractivity contribution in [3.05, 3.63) is 108 Å². The van der Waals surface area contributed by atoms with E-state index in [2.05, 4.69) is 120 Å². The van der Waals surface area contributed by atoms with E-state index in [-0.39, 0.29) is 17.7 Å². The molecular formula is C72H125N5O3. The fourth-order valence-corrected chi connectivity index (χ4v) is 9.83. The molecule has 80 heavy (non-hydrogen) atoms. The molecule has 8 heteroatoms. The van der Waals surface area contributed by atoms with Crippen LogP contribution in [0.15, 0.2) is 91.1 Å². The second-order valence-corrected chi connectivity index (χ2v) is 22.6. The molecule has 1 aromatic carbocycles. The molecule has 3 amide bonds. The second kappa shape index (κ2) is 59.6. The first kappa shape index (κ1) is 74.0. The van der Waals surface area contributed by atoms with Gasteiger partial charge in [0, 0.05) is 36.3 Å². The molecule has 0 aliphatic rings. The van der Waals surface area contributed by atoms with Crippen LogP contribution in [0.3, 0.4) is 0 Å².